The number of nitrogens with zero attached hydrogens (tertiary/aromatic N) is 2. The topological polar surface area (TPSA) is 6.48 Å². The van der Waals surface area contributed by atoms with Crippen LogP contribution >= 0.6 is 12.4 Å². The number of hydrogen-bond donors (Lipinski definition) is 0. The molecule has 0 radical (unpaired) electrons. The van der Waals surface area contributed by atoms with E-state index in [-0.39, 0.29) is 12.4 Å². The first-order valence-corrected chi connectivity index (χ1v) is 10.9. The molecule has 3 aliphatic rings. The maximum Gasteiger partial charge on any atom is 0.0402 e. The van der Waals surface area contributed by atoms with Crippen LogP contribution in [0.15, 0.2) is 24.3 Å². The number of anilines is 1. The maximum atomic E-state index is 2.70. The summed E-state index contributed by atoms with van der Waals surface area (Å²) in [6, 6.07) is 9.32. The number of piperazine rings is 1. The van der Waals surface area contributed by atoms with Crippen molar-refractivity contribution in [2.75, 3.05) is 37.6 Å². The van der Waals surface area contributed by atoms with Gasteiger partial charge in [0.25, 0.3) is 0 Å². The van der Waals surface area contributed by atoms with Gasteiger partial charge in [0.05, 0.1) is 0 Å². The van der Waals surface area contributed by atoms with E-state index in [1.54, 1.807) is 5.56 Å². The summed E-state index contributed by atoms with van der Waals surface area (Å²) in [6.07, 6.45) is 6.94. The molecule has 0 bridgehead atoms. The lowest BCUT2D eigenvalue weighted by Gasteiger charge is -2.46. The minimum atomic E-state index is 0. The highest BCUT2D eigenvalue weighted by Gasteiger charge is 2.40. The van der Waals surface area contributed by atoms with Gasteiger partial charge in [0.1, 0.15) is 0 Å². The molecule has 0 aromatic heterocycles. The van der Waals surface area contributed by atoms with Crippen molar-refractivity contribution in [3.05, 3.63) is 29.8 Å². The van der Waals surface area contributed by atoms with Crippen LogP contribution in [0.1, 0.15) is 71.3 Å². The molecule has 27 heavy (non-hydrogen) atoms. The molecule has 2 aliphatic carbocycles. The van der Waals surface area contributed by atoms with E-state index in [0.717, 1.165) is 5.92 Å². The highest BCUT2D eigenvalue weighted by Crippen LogP contribution is 2.53. The van der Waals surface area contributed by atoms with Crippen molar-refractivity contribution < 1.29 is 0 Å². The molecule has 1 aromatic carbocycles. The summed E-state index contributed by atoms with van der Waals surface area (Å²) in [5.74, 6) is 1.72. The van der Waals surface area contributed by atoms with Gasteiger partial charge in [-0.05, 0) is 66.4 Å². The zero-order valence-electron chi connectivity index (χ0n) is 17.8. The van der Waals surface area contributed by atoms with Crippen molar-refractivity contribution in [2.45, 2.75) is 65.7 Å². The van der Waals surface area contributed by atoms with Crippen LogP contribution in [-0.2, 0) is 0 Å². The summed E-state index contributed by atoms with van der Waals surface area (Å²) >= 11 is 0. The molecular weight excluding hydrogens is 352 g/mol. The van der Waals surface area contributed by atoms with Gasteiger partial charge in [-0.25, -0.2) is 0 Å². The highest BCUT2D eigenvalue weighted by atomic mass is 35.5. The molecule has 0 unspecified atom stereocenters. The van der Waals surface area contributed by atoms with Crippen LogP contribution in [0, 0.1) is 16.7 Å². The molecule has 4 rings (SSSR count). The lowest BCUT2D eigenvalue weighted by atomic mass is 9.60. The number of halogens is 1. The van der Waals surface area contributed by atoms with Crippen molar-refractivity contribution in [2.24, 2.45) is 16.7 Å². The van der Waals surface area contributed by atoms with Crippen molar-refractivity contribution in [3.63, 3.8) is 0 Å². The van der Waals surface area contributed by atoms with Crippen LogP contribution in [0.4, 0.5) is 5.69 Å². The van der Waals surface area contributed by atoms with E-state index in [1.165, 1.54) is 70.5 Å². The van der Waals surface area contributed by atoms with E-state index < -0.39 is 0 Å². The van der Waals surface area contributed by atoms with Crippen molar-refractivity contribution in [3.8, 4) is 0 Å². The Morgan fingerprint density at radius 3 is 2.07 bits per heavy atom. The minimum Gasteiger partial charge on any atom is -0.369 e. The molecular formula is C24H39ClN2. The van der Waals surface area contributed by atoms with Crippen LogP contribution in [-0.4, -0.2) is 37.6 Å². The third kappa shape index (κ3) is 5.21. The average molecular weight is 391 g/mol. The van der Waals surface area contributed by atoms with Gasteiger partial charge < -0.3 is 4.90 Å². The minimum absolute atomic E-state index is 0. The van der Waals surface area contributed by atoms with E-state index >= 15 is 0 Å². The van der Waals surface area contributed by atoms with Crippen LogP contribution in [0.5, 0.6) is 0 Å². The number of benzene rings is 1. The van der Waals surface area contributed by atoms with Gasteiger partial charge in [-0.3, -0.25) is 4.90 Å². The largest absolute Gasteiger partial charge is 0.369 e. The molecule has 3 fully saturated rings. The second kappa shape index (κ2) is 7.95. The first kappa shape index (κ1) is 21.0. The Morgan fingerprint density at radius 1 is 0.889 bits per heavy atom. The molecule has 1 aliphatic heterocycles. The molecule has 1 aromatic rings. The monoisotopic (exact) mass is 390 g/mol. The zero-order valence-corrected chi connectivity index (χ0v) is 18.7. The van der Waals surface area contributed by atoms with Gasteiger partial charge in [-0.1, -0.05) is 45.9 Å². The van der Waals surface area contributed by atoms with Gasteiger partial charge >= 0.3 is 0 Å². The lowest BCUT2D eigenvalue weighted by Crippen LogP contribution is -2.47. The molecule has 2 nitrogen and oxygen atoms in total. The molecule has 2 saturated carbocycles. The first-order chi connectivity index (χ1) is 12.3. The standard InChI is InChI=1S/C24H38N2.ClH/c1-23(2)15-20(16-24(3,4)18-23)21-7-5-6-8-22(21)26-13-11-25(12-14-26)17-19-9-10-19;/h5-8,19-20H,9-18H2,1-4H3;1H. The van der Waals surface area contributed by atoms with E-state index in [0.29, 0.717) is 16.7 Å². The summed E-state index contributed by atoms with van der Waals surface area (Å²) in [7, 11) is 0. The van der Waals surface area contributed by atoms with E-state index in [1.807, 2.05) is 0 Å². The molecule has 1 saturated heterocycles. The third-order valence-corrected chi connectivity index (χ3v) is 6.86. The van der Waals surface area contributed by atoms with Crippen LogP contribution in [0.25, 0.3) is 0 Å². The van der Waals surface area contributed by atoms with Gasteiger partial charge in [0.2, 0.25) is 0 Å². The van der Waals surface area contributed by atoms with Crippen molar-refractivity contribution in [1.82, 2.24) is 4.90 Å². The molecule has 1 heterocycles. The van der Waals surface area contributed by atoms with Gasteiger partial charge in [0.15, 0.2) is 0 Å². The fourth-order valence-corrected chi connectivity index (χ4v) is 6.02. The number of rotatable bonds is 4. The first-order valence-electron chi connectivity index (χ1n) is 10.9. The van der Waals surface area contributed by atoms with Gasteiger partial charge in [-0.2, -0.15) is 0 Å². The molecule has 0 spiro atoms. The Hall–Kier alpha value is -0.730. The second-order valence-corrected chi connectivity index (χ2v) is 10.9. The smallest absolute Gasteiger partial charge is 0.0402 e. The van der Waals surface area contributed by atoms with E-state index in [4.69, 9.17) is 0 Å². The second-order valence-electron chi connectivity index (χ2n) is 10.9. The summed E-state index contributed by atoms with van der Waals surface area (Å²) in [4.78, 5) is 5.37. The molecule has 3 heteroatoms. The van der Waals surface area contributed by atoms with Gasteiger partial charge in [-0.15, -0.1) is 12.4 Å². The zero-order chi connectivity index (χ0) is 18.4. The number of hydrogen-bond acceptors (Lipinski definition) is 2. The summed E-state index contributed by atoms with van der Waals surface area (Å²) in [5, 5.41) is 0. The third-order valence-electron chi connectivity index (χ3n) is 6.86. The summed E-state index contributed by atoms with van der Waals surface area (Å²) in [6.45, 7) is 16.1. The molecule has 152 valence electrons. The predicted octanol–water partition coefficient (Wildman–Crippen LogP) is 5.96. The van der Waals surface area contributed by atoms with Crippen LogP contribution in [0.3, 0.4) is 0 Å². The predicted molar refractivity (Wildman–Crippen MR) is 119 cm³/mol. The fraction of sp³-hybridized carbons (Fsp3) is 0.750. The van der Waals surface area contributed by atoms with Crippen LogP contribution in [0.2, 0.25) is 0 Å². The lowest BCUT2D eigenvalue weighted by molar-refractivity contribution is 0.0970. The molecule has 0 N–H and O–H groups in total. The quantitative estimate of drug-likeness (QED) is 0.625. The summed E-state index contributed by atoms with van der Waals surface area (Å²) < 4.78 is 0. The average Bonchev–Trinajstić information content (AvgIpc) is 3.37. The van der Waals surface area contributed by atoms with Crippen molar-refractivity contribution >= 4 is 18.1 Å². The number of para-hydroxylation sites is 1. The Bertz CT molecular complexity index is 611. The van der Waals surface area contributed by atoms with E-state index in [9.17, 15) is 0 Å². The van der Waals surface area contributed by atoms with Crippen molar-refractivity contribution in [1.29, 1.82) is 0 Å². The maximum absolute atomic E-state index is 2.70. The fourth-order valence-electron chi connectivity index (χ4n) is 6.02. The Morgan fingerprint density at radius 2 is 1.48 bits per heavy atom. The normalized spacial score (nSPS) is 25.9. The Balaban J connectivity index is 0.00000210. The SMILES string of the molecule is CC1(C)CC(c2ccccc2N2CCN(CC3CC3)CC2)CC(C)(C)C1.Cl. The molecule has 0 amide bonds. The Kier molecular flexibility index (Phi) is 6.18. The van der Waals surface area contributed by atoms with E-state index in [2.05, 4.69) is 61.8 Å². The van der Waals surface area contributed by atoms with Gasteiger partial charge in [0, 0.05) is 38.4 Å². The molecule has 0 atom stereocenters. The van der Waals surface area contributed by atoms with Crippen LogP contribution < -0.4 is 4.90 Å². The highest BCUT2D eigenvalue weighted by molar-refractivity contribution is 5.85. The summed E-state index contributed by atoms with van der Waals surface area (Å²) in [5.41, 5.74) is 4.03. The Labute approximate surface area is 173 Å².